The highest BCUT2D eigenvalue weighted by molar-refractivity contribution is 5.83. The predicted octanol–water partition coefficient (Wildman–Crippen LogP) is 1.20. The van der Waals surface area contributed by atoms with Crippen molar-refractivity contribution in [2.45, 2.75) is 51.2 Å². The number of ether oxygens (including phenoxy) is 2. The minimum Gasteiger partial charge on any atom is -0.465 e. The molecule has 3 aliphatic carbocycles. The second-order valence-corrected chi connectivity index (χ2v) is 9.56. The molecule has 6 nitrogen and oxygen atoms in total. The SMILES string of the molecule is C=C1[C@H]2C[C@@H](O)[C@H]3[C@@]4(CCC[C@@]5(C)COC(=O)[C@H]54)COC(=O)[C@]3(C2)[C@@H]1O. The van der Waals surface area contributed by atoms with Crippen LogP contribution in [-0.2, 0) is 19.1 Å². The van der Waals surface area contributed by atoms with Crippen molar-refractivity contribution < 1.29 is 29.3 Å². The Hall–Kier alpha value is -1.40. The molecule has 2 saturated heterocycles. The summed E-state index contributed by atoms with van der Waals surface area (Å²) in [6, 6.07) is 0. The Morgan fingerprint density at radius 3 is 2.69 bits per heavy atom. The first-order valence-electron chi connectivity index (χ1n) is 9.65. The first-order chi connectivity index (χ1) is 12.3. The van der Waals surface area contributed by atoms with Gasteiger partial charge in [-0.3, -0.25) is 9.59 Å². The molecule has 8 atom stereocenters. The van der Waals surface area contributed by atoms with Crippen molar-refractivity contribution in [1.82, 2.24) is 0 Å². The highest BCUT2D eigenvalue weighted by Crippen LogP contribution is 2.69. The van der Waals surface area contributed by atoms with Gasteiger partial charge in [-0.1, -0.05) is 19.9 Å². The van der Waals surface area contributed by atoms with Gasteiger partial charge in [0, 0.05) is 16.7 Å². The Morgan fingerprint density at radius 2 is 1.92 bits per heavy atom. The van der Waals surface area contributed by atoms with Crippen molar-refractivity contribution in [2.24, 2.45) is 34.0 Å². The molecule has 5 rings (SSSR count). The van der Waals surface area contributed by atoms with Crippen LogP contribution in [0.2, 0.25) is 0 Å². The van der Waals surface area contributed by atoms with Crippen molar-refractivity contribution in [3.8, 4) is 0 Å². The van der Waals surface area contributed by atoms with Gasteiger partial charge >= 0.3 is 11.9 Å². The van der Waals surface area contributed by atoms with Gasteiger partial charge in [-0.25, -0.2) is 0 Å². The van der Waals surface area contributed by atoms with Crippen LogP contribution in [0.3, 0.4) is 0 Å². The quantitative estimate of drug-likeness (QED) is 0.497. The fraction of sp³-hybridized carbons (Fsp3) is 0.800. The largest absolute Gasteiger partial charge is 0.465 e. The van der Waals surface area contributed by atoms with E-state index in [2.05, 4.69) is 13.5 Å². The molecule has 0 aromatic rings. The van der Waals surface area contributed by atoms with E-state index in [4.69, 9.17) is 9.47 Å². The molecule has 2 bridgehead atoms. The van der Waals surface area contributed by atoms with E-state index in [1.54, 1.807) is 0 Å². The van der Waals surface area contributed by atoms with Crippen LogP contribution in [0.5, 0.6) is 0 Å². The molecule has 6 heteroatoms. The van der Waals surface area contributed by atoms with Crippen molar-refractivity contribution in [1.29, 1.82) is 0 Å². The molecule has 2 N–H and O–H groups in total. The van der Waals surface area contributed by atoms with E-state index in [1.165, 1.54) is 0 Å². The third kappa shape index (κ3) is 1.66. The van der Waals surface area contributed by atoms with Gasteiger partial charge in [0.25, 0.3) is 0 Å². The van der Waals surface area contributed by atoms with E-state index >= 15 is 0 Å². The van der Waals surface area contributed by atoms with Gasteiger partial charge < -0.3 is 19.7 Å². The number of carbonyl (C=O) groups is 2. The molecule has 2 aliphatic heterocycles. The maximum absolute atomic E-state index is 12.9. The zero-order chi connectivity index (χ0) is 18.5. The Bertz CT molecular complexity index is 717. The second kappa shape index (κ2) is 4.90. The van der Waals surface area contributed by atoms with E-state index in [0.29, 0.717) is 31.4 Å². The molecular weight excluding hydrogens is 336 g/mol. The van der Waals surface area contributed by atoms with Crippen LogP contribution in [0.25, 0.3) is 0 Å². The van der Waals surface area contributed by atoms with Crippen LogP contribution in [0.15, 0.2) is 12.2 Å². The molecule has 5 fully saturated rings. The molecule has 0 amide bonds. The second-order valence-electron chi connectivity index (χ2n) is 9.56. The topological polar surface area (TPSA) is 93.1 Å². The van der Waals surface area contributed by atoms with Crippen LogP contribution in [0.1, 0.15) is 39.0 Å². The smallest absolute Gasteiger partial charge is 0.315 e. The first kappa shape index (κ1) is 16.8. The maximum Gasteiger partial charge on any atom is 0.315 e. The minimum absolute atomic E-state index is 0.0792. The summed E-state index contributed by atoms with van der Waals surface area (Å²) in [5.41, 5.74) is -1.55. The van der Waals surface area contributed by atoms with Crippen LogP contribution in [-0.4, -0.2) is 47.6 Å². The van der Waals surface area contributed by atoms with E-state index in [1.807, 2.05) is 0 Å². The summed E-state index contributed by atoms with van der Waals surface area (Å²) in [6.07, 6.45) is 1.62. The molecule has 0 unspecified atom stereocenters. The van der Waals surface area contributed by atoms with E-state index in [-0.39, 0.29) is 23.9 Å². The van der Waals surface area contributed by atoms with Gasteiger partial charge in [-0.05, 0) is 37.2 Å². The Morgan fingerprint density at radius 1 is 1.15 bits per heavy atom. The summed E-state index contributed by atoms with van der Waals surface area (Å²) >= 11 is 0. The monoisotopic (exact) mass is 362 g/mol. The number of esters is 2. The van der Waals surface area contributed by atoms with E-state index < -0.39 is 40.8 Å². The molecule has 142 valence electrons. The third-order valence-corrected chi connectivity index (χ3v) is 8.33. The lowest BCUT2D eigenvalue weighted by molar-refractivity contribution is -0.238. The molecule has 2 spiro atoms. The molecule has 26 heavy (non-hydrogen) atoms. The van der Waals surface area contributed by atoms with Crippen LogP contribution in [0.4, 0.5) is 0 Å². The zero-order valence-electron chi connectivity index (χ0n) is 15.1. The third-order valence-electron chi connectivity index (χ3n) is 8.33. The number of cyclic esters (lactones) is 2. The van der Waals surface area contributed by atoms with Gasteiger partial charge in [0.15, 0.2) is 0 Å². The molecule has 3 saturated carbocycles. The normalized spacial score (nSPS) is 55.3. The van der Waals surface area contributed by atoms with Gasteiger partial charge in [0.1, 0.15) is 5.41 Å². The minimum atomic E-state index is -1.18. The number of fused-ring (bicyclic) bond motifs is 4. The van der Waals surface area contributed by atoms with Crippen LogP contribution >= 0.6 is 0 Å². The number of rotatable bonds is 0. The summed E-state index contributed by atoms with van der Waals surface area (Å²) in [5, 5.41) is 22.1. The Balaban J connectivity index is 1.70. The molecular formula is C20H26O6. The summed E-state index contributed by atoms with van der Waals surface area (Å²) in [4.78, 5) is 25.7. The predicted molar refractivity (Wildman–Crippen MR) is 89.6 cm³/mol. The maximum atomic E-state index is 12.9. The summed E-state index contributed by atoms with van der Waals surface area (Å²) < 4.78 is 11.1. The van der Waals surface area contributed by atoms with Gasteiger partial charge in [0.05, 0.1) is 31.3 Å². The molecule has 0 radical (unpaired) electrons. The standard InChI is InChI=1S/C20H26O6/c1-10-11-6-12(21)13-19(9-26-17(24)20(13,7-11)15(10)22)5-3-4-18(2)8-25-16(23)14(18)19/h11-15,21-22H,1,3-9H2,2H3/t11-,12+,13-,14+,15+,18-,19+,20-/m0/s1. The van der Waals surface area contributed by atoms with Crippen molar-refractivity contribution in [2.75, 3.05) is 13.2 Å². The summed E-state index contributed by atoms with van der Waals surface area (Å²) in [5.74, 6) is -1.69. The zero-order valence-corrected chi connectivity index (χ0v) is 15.1. The number of hydrogen-bond acceptors (Lipinski definition) is 6. The van der Waals surface area contributed by atoms with Crippen molar-refractivity contribution in [3.63, 3.8) is 0 Å². The van der Waals surface area contributed by atoms with Crippen LogP contribution in [0, 0.1) is 34.0 Å². The summed E-state index contributed by atoms with van der Waals surface area (Å²) in [6.45, 7) is 6.56. The van der Waals surface area contributed by atoms with Crippen molar-refractivity contribution >= 4 is 11.9 Å². The van der Waals surface area contributed by atoms with Gasteiger partial charge in [-0.2, -0.15) is 0 Å². The van der Waals surface area contributed by atoms with Crippen LogP contribution < -0.4 is 0 Å². The van der Waals surface area contributed by atoms with Gasteiger partial charge in [-0.15, -0.1) is 0 Å². The lowest BCUT2D eigenvalue weighted by Crippen LogP contribution is -2.67. The highest BCUT2D eigenvalue weighted by Gasteiger charge is 2.75. The fourth-order valence-corrected chi connectivity index (χ4v) is 7.44. The number of carbonyl (C=O) groups excluding carboxylic acids is 2. The first-order valence-corrected chi connectivity index (χ1v) is 9.65. The van der Waals surface area contributed by atoms with E-state index in [0.717, 1.165) is 12.8 Å². The lowest BCUT2D eigenvalue weighted by Gasteiger charge is -2.60. The van der Waals surface area contributed by atoms with Gasteiger partial charge in [0.2, 0.25) is 0 Å². The lowest BCUT2D eigenvalue weighted by atomic mass is 9.44. The average molecular weight is 362 g/mol. The number of hydrogen-bond donors (Lipinski definition) is 2. The Labute approximate surface area is 152 Å². The average Bonchev–Trinajstić information content (AvgIpc) is 3.01. The fourth-order valence-electron chi connectivity index (χ4n) is 7.44. The molecule has 0 aromatic heterocycles. The molecule has 2 heterocycles. The molecule has 0 aromatic carbocycles. The van der Waals surface area contributed by atoms with E-state index in [9.17, 15) is 19.8 Å². The van der Waals surface area contributed by atoms with Crippen molar-refractivity contribution in [3.05, 3.63) is 12.2 Å². The summed E-state index contributed by atoms with van der Waals surface area (Å²) in [7, 11) is 0. The Kier molecular flexibility index (Phi) is 3.16. The number of aliphatic hydroxyl groups is 2. The highest BCUT2D eigenvalue weighted by atomic mass is 16.5. The molecule has 5 aliphatic rings. The number of aliphatic hydroxyl groups excluding tert-OH is 2.